The van der Waals surface area contributed by atoms with Gasteiger partial charge in [0.1, 0.15) is 5.82 Å². The van der Waals surface area contributed by atoms with E-state index in [4.69, 9.17) is 19.8 Å². The fourth-order valence-electron chi connectivity index (χ4n) is 2.01. The molecule has 116 valence electrons. The van der Waals surface area contributed by atoms with Gasteiger partial charge in [0, 0.05) is 19.3 Å². The number of anilines is 1. The standard InChI is InChI=1S/C12H18N2O.C2H2O4/c1-10(15)8-11-4-5-12(13-9-11)14-6-2-3-7-14;3-1(4)2(5)6/h4-5,9-10,15H,2-3,6-8H2,1H3;(H,3,4)(H,5,6)/t10-;/m0./s1. The molecule has 1 saturated heterocycles. The molecule has 2 heterocycles. The van der Waals surface area contributed by atoms with E-state index in [2.05, 4.69) is 22.0 Å². The molecule has 7 nitrogen and oxygen atoms in total. The molecule has 1 aromatic rings. The fraction of sp³-hybridized carbons (Fsp3) is 0.500. The topological polar surface area (TPSA) is 111 Å². The van der Waals surface area contributed by atoms with Crippen molar-refractivity contribution >= 4 is 17.8 Å². The van der Waals surface area contributed by atoms with Crippen molar-refractivity contribution in [2.24, 2.45) is 0 Å². The van der Waals surface area contributed by atoms with Crippen LogP contribution in [0.25, 0.3) is 0 Å². The quantitative estimate of drug-likeness (QED) is 0.706. The summed E-state index contributed by atoms with van der Waals surface area (Å²) < 4.78 is 0. The van der Waals surface area contributed by atoms with E-state index in [1.165, 1.54) is 12.8 Å². The predicted octanol–water partition coefficient (Wildman–Crippen LogP) is 0.761. The van der Waals surface area contributed by atoms with Gasteiger partial charge in [-0.05, 0) is 37.8 Å². The highest BCUT2D eigenvalue weighted by atomic mass is 16.4. The minimum absolute atomic E-state index is 0.288. The van der Waals surface area contributed by atoms with Crippen LogP contribution in [0.2, 0.25) is 0 Å². The average molecular weight is 296 g/mol. The highest BCUT2D eigenvalue weighted by molar-refractivity contribution is 6.27. The molecule has 1 aliphatic rings. The molecule has 3 N–H and O–H groups in total. The Labute approximate surface area is 122 Å². The number of hydrogen-bond acceptors (Lipinski definition) is 5. The lowest BCUT2D eigenvalue weighted by Crippen LogP contribution is -2.18. The summed E-state index contributed by atoms with van der Waals surface area (Å²) in [5.41, 5.74) is 1.10. The molecule has 0 bridgehead atoms. The smallest absolute Gasteiger partial charge is 0.414 e. The van der Waals surface area contributed by atoms with Crippen LogP contribution in [0.15, 0.2) is 18.3 Å². The molecule has 0 aliphatic carbocycles. The first kappa shape index (κ1) is 16.9. The third-order valence-corrected chi connectivity index (χ3v) is 2.95. The molecule has 1 atom stereocenters. The Morgan fingerprint density at radius 2 is 1.81 bits per heavy atom. The van der Waals surface area contributed by atoms with E-state index in [-0.39, 0.29) is 6.10 Å². The van der Waals surface area contributed by atoms with Crippen LogP contribution in [0.4, 0.5) is 5.82 Å². The molecule has 7 heteroatoms. The van der Waals surface area contributed by atoms with E-state index < -0.39 is 11.9 Å². The second kappa shape index (κ2) is 8.21. The highest BCUT2D eigenvalue weighted by Gasteiger charge is 2.13. The largest absolute Gasteiger partial charge is 0.473 e. The molecule has 0 saturated carbocycles. The van der Waals surface area contributed by atoms with Gasteiger partial charge in [0.25, 0.3) is 0 Å². The van der Waals surface area contributed by atoms with Gasteiger partial charge in [0.2, 0.25) is 0 Å². The number of aliphatic carboxylic acids is 2. The van der Waals surface area contributed by atoms with Gasteiger partial charge in [-0.15, -0.1) is 0 Å². The summed E-state index contributed by atoms with van der Waals surface area (Å²) in [6.45, 7) is 4.06. The van der Waals surface area contributed by atoms with Gasteiger partial charge >= 0.3 is 11.9 Å². The molecule has 0 spiro atoms. The first-order valence-electron chi connectivity index (χ1n) is 6.74. The number of carboxylic acids is 2. The summed E-state index contributed by atoms with van der Waals surface area (Å²) >= 11 is 0. The van der Waals surface area contributed by atoms with Crippen LogP contribution in [-0.4, -0.2) is 51.4 Å². The van der Waals surface area contributed by atoms with Crippen LogP contribution in [0, 0.1) is 0 Å². The second-order valence-corrected chi connectivity index (χ2v) is 4.88. The van der Waals surface area contributed by atoms with Crippen LogP contribution in [-0.2, 0) is 16.0 Å². The maximum atomic E-state index is 9.25. The second-order valence-electron chi connectivity index (χ2n) is 4.88. The number of hydrogen-bond donors (Lipinski definition) is 3. The Morgan fingerprint density at radius 1 is 1.24 bits per heavy atom. The summed E-state index contributed by atoms with van der Waals surface area (Å²) in [5.74, 6) is -2.58. The predicted molar refractivity (Wildman–Crippen MR) is 76.3 cm³/mol. The van der Waals surface area contributed by atoms with Crippen molar-refractivity contribution < 1.29 is 24.9 Å². The van der Waals surface area contributed by atoms with E-state index in [1.807, 2.05) is 6.20 Å². The zero-order valence-corrected chi connectivity index (χ0v) is 11.9. The SMILES string of the molecule is C[C@H](O)Cc1ccc(N2CCCC2)nc1.O=C(O)C(=O)O. The van der Waals surface area contributed by atoms with E-state index in [0.717, 1.165) is 24.5 Å². The zero-order chi connectivity index (χ0) is 15.8. The summed E-state index contributed by atoms with van der Waals surface area (Å²) in [4.78, 5) is 24.9. The van der Waals surface area contributed by atoms with Crippen LogP contribution >= 0.6 is 0 Å². The summed E-state index contributed by atoms with van der Waals surface area (Å²) in [7, 11) is 0. The van der Waals surface area contributed by atoms with Crippen molar-refractivity contribution in [3.63, 3.8) is 0 Å². The Bertz CT molecular complexity index is 455. The fourth-order valence-corrected chi connectivity index (χ4v) is 2.01. The molecule has 0 radical (unpaired) electrons. The summed E-state index contributed by atoms with van der Waals surface area (Å²) in [6, 6.07) is 4.12. The first-order valence-corrected chi connectivity index (χ1v) is 6.74. The average Bonchev–Trinajstić information content (AvgIpc) is 2.93. The number of nitrogens with zero attached hydrogens (tertiary/aromatic N) is 2. The molecule has 21 heavy (non-hydrogen) atoms. The number of carbonyl (C=O) groups is 2. The first-order chi connectivity index (χ1) is 9.90. The molecule has 1 aliphatic heterocycles. The maximum absolute atomic E-state index is 9.25. The normalized spacial score (nSPS) is 15.0. The van der Waals surface area contributed by atoms with Crippen LogP contribution < -0.4 is 4.90 Å². The van der Waals surface area contributed by atoms with Crippen LogP contribution in [0.5, 0.6) is 0 Å². The van der Waals surface area contributed by atoms with E-state index in [1.54, 1.807) is 6.92 Å². The number of carboxylic acid groups (broad SMARTS) is 2. The van der Waals surface area contributed by atoms with Gasteiger partial charge in [0.05, 0.1) is 6.10 Å². The van der Waals surface area contributed by atoms with Gasteiger partial charge in [-0.3, -0.25) is 0 Å². The Kier molecular flexibility index (Phi) is 6.61. The third kappa shape index (κ3) is 6.22. The monoisotopic (exact) mass is 296 g/mol. The lowest BCUT2D eigenvalue weighted by molar-refractivity contribution is -0.159. The van der Waals surface area contributed by atoms with Crippen molar-refractivity contribution in [3.05, 3.63) is 23.9 Å². The summed E-state index contributed by atoms with van der Waals surface area (Å²) in [5, 5.41) is 24.0. The molecule has 0 unspecified atom stereocenters. The molecule has 0 amide bonds. The third-order valence-electron chi connectivity index (χ3n) is 2.95. The highest BCUT2D eigenvalue weighted by Crippen LogP contribution is 2.17. The maximum Gasteiger partial charge on any atom is 0.414 e. The number of pyridine rings is 1. The van der Waals surface area contributed by atoms with Crippen molar-refractivity contribution in [1.29, 1.82) is 0 Å². The summed E-state index contributed by atoms with van der Waals surface area (Å²) in [6.07, 6.45) is 4.83. The molecular formula is C14H20N2O5. The Morgan fingerprint density at radius 3 is 2.19 bits per heavy atom. The van der Waals surface area contributed by atoms with Crippen molar-refractivity contribution in [2.45, 2.75) is 32.3 Å². The number of aliphatic hydroxyl groups excluding tert-OH is 1. The lowest BCUT2D eigenvalue weighted by Gasteiger charge is -2.16. The minimum atomic E-state index is -1.82. The number of aromatic nitrogens is 1. The minimum Gasteiger partial charge on any atom is -0.473 e. The van der Waals surface area contributed by atoms with Crippen molar-refractivity contribution in [1.82, 2.24) is 4.98 Å². The van der Waals surface area contributed by atoms with E-state index in [0.29, 0.717) is 6.42 Å². The van der Waals surface area contributed by atoms with Gasteiger partial charge < -0.3 is 20.2 Å². The number of aliphatic hydroxyl groups is 1. The van der Waals surface area contributed by atoms with E-state index in [9.17, 15) is 5.11 Å². The zero-order valence-electron chi connectivity index (χ0n) is 11.9. The van der Waals surface area contributed by atoms with Crippen LogP contribution in [0.1, 0.15) is 25.3 Å². The molecule has 0 aromatic carbocycles. The van der Waals surface area contributed by atoms with Crippen molar-refractivity contribution in [3.8, 4) is 0 Å². The van der Waals surface area contributed by atoms with E-state index >= 15 is 0 Å². The van der Waals surface area contributed by atoms with Gasteiger partial charge in [-0.1, -0.05) is 6.07 Å². The molecule has 1 fully saturated rings. The molecular weight excluding hydrogens is 276 g/mol. The van der Waals surface area contributed by atoms with Gasteiger partial charge in [-0.25, -0.2) is 14.6 Å². The molecule has 1 aromatic heterocycles. The lowest BCUT2D eigenvalue weighted by atomic mass is 10.1. The Hall–Kier alpha value is -2.15. The van der Waals surface area contributed by atoms with Crippen LogP contribution in [0.3, 0.4) is 0 Å². The van der Waals surface area contributed by atoms with Gasteiger partial charge in [0.15, 0.2) is 0 Å². The van der Waals surface area contributed by atoms with Gasteiger partial charge in [-0.2, -0.15) is 0 Å². The Balaban J connectivity index is 0.000000315. The van der Waals surface area contributed by atoms with Crippen molar-refractivity contribution in [2.75, 3.05) is 18.0 Å². The number of rotatable bonds is 3. The molecule has 2 rings (SSSR count).